The van der Waals surface area contributed by atoms with Gasteiger partial charge in [0.1, 0.15) is 0 Å². The van der Waals surface area contributed by atoms with Gasteiger partial charge < -0.3 is 10.0 Å². The lowest BCUT2D eigenvalue weighted by Gasteiger charge is -2.29. The number of hydrogen-bond acceptors (Lipinski definition) is 5. The molecule has 1 aromatic heterocycles. The van der Waals surface area contributed by atoms with Crippen molar-refractivity contribution in [3.63, 3.8) is 0 Å². The Kier molecular flexibility index (Phi) is 5.06. The van der Waals surface area contributed by atoms with Crippen molar-refractivity contribution in [2.75, 3.05) is 18.6 Å². The molecule has 2 rings (SSSR count). The topological polar surface area (TPSA) is 79.5 Å². The zero-order valence-corrected chi connectivity index (χ0v) is 12.6. The van der Waals surface area contributed by atoms with E-state index >= 15 is 0 Å². The molecule has 0 aliphatic heterocycles. The largest absolute Gasteiger partial charge is 0.396 e. The summed E-state index contributed by atoms with van der Waals surface area (Å²) >= 11 is 0. The van der Waals surface area contributed by atoms with Gasteiger partial charge in [0.15, 0.2) is 0 Å². The summed E-state index contributed by atoms with van der Waals surface area (Å²) in [4.78, 5) is 16.8. The lowest BCUT2D eigenvalue weighted by molar-refractivity contribution is -0.384. The quantitative estimate of drug-likeness (QED) is 0.655. The highest BCUT2D eigenvalue weighted by molar-refractivity contribution is 5.59. The summed E-state index contributed by atoms with van der Waals surface area (Å²) in [7, 11) is 1.76. The van der Waals surface area contributed by atoms with Crippen LogP contribution in [0.5, 0.6) is 0 Å². The number of anilines is 1. The first-order valence-electron chi connectivity index (χ1n) is 7.04. The molecule has 6 nitrogen and oxygen atoms in total. The zero-order valence-electron chi connectivity index (χ0n) is 12.6. The van der Waals surface area contributed by atoms with Gasteiger partial charge in [0, 0.05) is 25.9 Å². The van der Waals surface area contributed by atoms with Crippen LogP contribution < -0.4 is 4.90 Å². The number of aliphatic hydroxyl groups excluding tert-OH is 1. The fourth-order valence-electron chi connectivity index (χ4n) is 2.48. The second-order valence-corrected chi connectivity index (χ2v) is 5.16. The van der Waals surface area contributed by atoms with Crippen LogP contribution in [0.4, 0.5) is 11.5 Å². The smallest absolute Gasteiger partial charge is 0.311 e. The number of hydrogen-bond donors (Lipinski definition) is 1. The van der Waals surface area contributed by atoms with Crippen LogP contribution in [0.1, 0.15) is 23.6 Å². The summed E-state index contributed by atoms with van der Waals surface area (Å²) in [5.74, 6) is 0.304. The number of aliphatic hydroxyl groups is 1. The predicted molar refractivity (Wildman–Crippen MR) is 84.9 cm³/mol. The van der Waals surface area contributed by atoms with E-state index in [0.717, 1.165) is 11.1 Å². The van der Waals surface area contributed by atoms with E-state index in [-0.39, 0.29) is 18.3 Å². The Balaban J connectivity index is 2.43. The minimum Gasteiger partial charge on any atom is -0.396 e. The highest BCUT2D eigenvalue weighted by atomic mass is 16.6. The molecule has 0 amide bonds. The third kappa shape index (κ3) is 3.40. The Labute approximate surface area is 129 Å². The highest BCUT2D eigenvalue weighted by Crippen LogP contribution is 2.33. The molecule has 0 unspecified atom stereocenters. The van der Waals surface area contributed by atoms with Crippen molar-refractivity contribution in [1.82, 2.24) is 4.98 Å². The maximum atomic E-state index is 11.3. The predicted octanol–water partition coefficient (Wildman–Crippen LogP) is 2.86. The van der Waals surface area contributed by atoms with Gasteiger partial charge in [-0.15, -0.1) is 0 Å². The summed E-state index contributed by atoms with van der Waals surface area (Å²) in [5.41, 5.74) is 1.69. The zero-order chi connectivity index (χ0) is 16.1. The standard InChI is InChI=1S/C16H19N3O3/c1-12-10-15(19(21)22)16(17-11-12)18(2)14(8-9-20)13-6-4-3-5-7-13/h3-7,10-11,14,20H,8-9H2,1-2H3/t14-/m0/s1. The molecule has 1 N–H and O–H groups in total. The summed E-state index contributed by atoms with van der Waals surface area (Å²) in [5, 5.41) is 20.6. The Bertz CT molecular complexity index is 646. The maximum absolute atomic E-state index is 11.3. The number of benzene rings is 1. The van der Waals surface area contributed by atoms with Crippen molar-refractivity contribution in [3.8, 4) is 0 Å². The van der Waals surface area contributed by atoms with Crippen LogP contribution in [0.15, 0.2) is 42.6 Å². The van der Waals surface area contributed by atoms with Gasteiger partial charge >= 0.3 is 5.69 Å². The lowest BCUT2D eigenvalue weighted by atomic mass is 10.0. The third-order valence-electron chi connectivity index (χ3n) is 3.57. The van der Waals surface area contributed by atoms with Crippen molar-refractivity contribution in [1.29, 1.82) is 0 Å². The van der Waals surface area contributed by atoms with E-state index in [1.807, 2.05) is 30.3 Å². The van der Waals surface area contributed by atoms with E-state index in [1.165, 1.54) is 6.07 Å². The van der Waals surface area contributed by atoms with Crippen LogP contribution in [0.2, 0.25) is 0 Å². The van der Waals surface area contributed by atoms with Gasteiger partial charge in [-0.1, -0.05) is 30.3 Å². The van der Waals surface area contributed by atoms with Gasteiger partial charge in [0.25, 0.3) is 0 Å². The average molecular weight is 301 g/mol. The summed E-state index contributed by atoms with van der Waals surface area (Å²) in [6, 6.07) is 10.9. The number of aryl methyl sites for hydroxylation is 1. The Hall–Kier alpha value is -2.47. The molecule has 116 valence electrons. The molecular weight excluding hydrogens is 282 g/mol. The molecule has 1 atom stereocenters. The number of nitro groups is 1. The van der Waals surface area contributed by atoms with Crippen LogP contribution in [0, 0.1) is 17.0 Å². The number of aromatic nitrogens is 1. The summed E-state index contributed by atoms with van der Waals surface area (Å²) in [6.45, 7) is 1.76. The van der Waals surface area contributed by atoms with E-state index in [2.05, 4.69) is 4.98 Å². The second-order valence-electron chi connectivity index (χ2n) is 5.16. The maximum Gasteiger partial charge on any atom is 0.311 e. The molecule has 0 saturated carbocycles. The first-order valence-corrected chi connectivity index (χ1v) is 7.04. The van der Waals surface area contributed by atoms with Crippen molar-refractivity contribution in [2.24, 2.45) is 0 Å². The number of rotatable bonds is 6. The van der Waals surface area contributed by atoms with Gasteiger partial charge in [-0.25, -0.2) is 4.98 Å². The Morgan fingerprint density at radius 2 is 2.05 bits per heavy atom. The second kappa shape index (κ2) is 7.00. The minimum absolute atomic E-state index is 0.0104. The molecule has 0 fully saturated rings. The van der Waals surface area contributed by atoms with Gasteiger partial charge in [0.05, 0.1) is 11.0 Å². The van der Waals surface area contributed by atoms with Crippen LogP contribution >= 0.6 is 0 Å². The molecule has 0 aliphatic rings. The number of pyridine rings is 1. The van der Waals surface area contributed by atoms with Gasteiger partial charge in [-0.05, 0) is 24.5 Å². The summed E-state index contributed by atoms with van der Waals surface area (Å²) < 4.78 is 0. The Morgan fingerprint density at radius 1 is 1.36 bits per heavy atom. The first kappa shape index (κ1) is 15.9. The third-order valence-corrected chi connectivity index (χ3v) is 3.57. The Morgan fingerprint density at radius 3 is 2.64 bits per heavy atom. The minimum atomic E-state index is -0.424. The van der Waals surface area contributed by atoms with Crippen LogP contribution in [0.25, 0.3) is 0 Å². The van der Waals surface area contributed by atoms with Crippen molar-refractivity contribution < 1.29 is 10.0 Å². The van der Waals surface area contributed by atoms with Crippen molar-refractivity contribution in [2.45, 2.75) is 19.4 Å². The van der Waals surface area contributed by atoms with E-state index in [1.54, 1.807) is 25.1 Å². The first-order chi connectivity index (χ1) is 10.5. The molecule has 0 radical (unpaired) electrons. The normalized spacial score (nSPS) is 12.0. The van der Waals surface area contributed by atoms with Crippen LogP contribution in [-0.4, -0.2) is 28.7 Å². The van der Waals surface area contributed by atoms with Crippen LogP contribution in [-0.2, 0) is 0 Å². The van der Waals surface area contributed by atoms with E-state index < -0.39 is 4.92 Å². The fraction of sp³-hybridized carbons (Fsp3) is 0.312. The highest BCUT2D eigenvalue weighted by Gasteiger charge is 2.25. The molecule has 0 saturated heterocycles. The molecule has 22 heavy (non-hydrogen) atoms. The molecule has 0 spiro atoms. The molecule has 0 aliphatic carbocycles. The van der Waals surface area contributed by atoms with E-state index in [0.29, 0.717) is 12.2 Å². The lowest BCUT2D eigenvalue weighted by Crippen LogP contribution is -2.26. The van der Waals surface area contributed by atoms with E-state index in [9.17, 15) is 15.2 Å². The molecule has 6 heteroatoms. The average Bonchev–Trinajstić information content (AvgIpc) is 2.52. The van der Waals surface area contributed by atoms with Gasteiger partial charge in [0.2, 0.25) is 5.82 Å². The molecular formula is C16H19N3O3. The molecule has 1 aromatic carbocycles. The SMILES string of the molecule is Cc1cnc(N(C)[C@@H](CCO)c2ccccc2)c([N+](=O)[O-])c1. The van der Waals surface area contributed by atoms with Crippen molar-refractivity contribution in [3.05, 3.63) is 63.8 Å². The van der Waals surface area contributed by atoms with E-state index in [4.69, 9.17) is 0 Å². The summed E-state index contributed by atoms with van der Waals surface area (Å²) in [6.07, 6.45) is 2.08. The fourth-order valence-corrected chi connectivity index (χ4v) is 2.48. The number of nitrogens with zero attached hydrogens (tertiary/aromatic N) is 3. The van der Waals surface area contributed by atoms with Crippen LogP contribution in [0.3, 0.4) is 0 Å². The molecule has 2 aromatic rings. The molecule has 0 bridgehead atoms. The monoisotopic (exact) mass is 301 g/mol. The van der Waals surface area contributed by atoms with Gasteiger partial charge in [-0.2, -0.15) is 0 Å². The molecule has 1 heterocycles. The van der Waals surface area contributed by atoms with Crippen molar-refractivity contribution >= 4 is 11.5 Å². The van der Waals surface area contributed by atoms with Gasteiger partial charge in [-0.3, -0.25) is 10.1 Å².